The molecule has 0 spiro atoms. The molecule has 2 aromatic rings. The maximum absolute atomic E-state index is 13.2. The molecule has 184 valence electrons. The number of rotatable bonds is 7. The second-order valence-corrected chi connectivity index (χ2v) is 11.3. The van der Waals surface area contributed by atoms with E-state index in [4.69, 9.17) is 11.6 Å². The molecular formula is C26H31ClF2N2OS2. The van der Waals surface area contributed by atoms with Crippen LogP contribution in [0.15, 0.2) is 53.4 Å². The first-order valence-corrected chi connectivity index (χ1v) is 14.4. The van der Waals surface area contributed by atoms with Crippen LogP contribution in [0.25, 0.3) is 0 Å². The van der Waals surface area contributed by atoms with Crippen molar-refractivity contribution < 1.29 is 13.6 Å². The number of anilines is 1. The number of benzene rings is 2. The van der Waals surface area contributed by atoms with Crippen LogP contribution in [0.2, 0.25) is 5.02 Å². The van der Waals surface area contributed by atoms with E-state index < -0.39 is 11.0 Å². The first-order valence-electron chi connectivity index (χ1n) is 11.8. The minimum atomic E-state index is -2.58. The molecule has 1 amide bonds. The summed E-state index contributed by atoms with van der Waals surface area (Å²) in [5, 5.41) is -0.0340. The van der Waals surface area contributed by atoms with Crippen LogP contribution in [0.4, 0.5) is 14.5 Å². The monoisotopic (exact) mass is 524 g/mol. The van der Waals surface area contributed by atoms with E-state index in [-0.39, 0.29) is 5.91 Å². The third-order valence-electron chi connectivity index (χ3n) is 7.12. The first kappa shape index (κ1) is 25.6. The molecule has 2 fully saturated rings. The predicted octanol–water partition coefficient (Wildman–Crippen LogP) is 7.21. The zero-order valence-electron chi connectivity index (χ0n) is 19.3. The molecule has 3 nitrogen and oxygen atoms in total. The number of piperidine rings is 2. The highest BCUT2D eigenvalue weighted by Gasteiger charge is 2.34. The standard InChI is InChI=1S/C26H31ClF2N2OS2/c1-33-23-8-7-21(17-22(23)27)30-13-9-18(10-14-30)19-11-15-31(16-12-19)25(32)24(34-26(28)29)20-5-3-2-4-6-20/h2-8,17-19,24,26H,9-16H2,1H3. The van der Waals surface area contributed by atoms with E-state index >= 15 is 0 Å². The van der Waals surface area contributed by atoms with Gasteiger partial charge in [-0.3, -0.25) is 4.79 Å². The Bertz CT molecular complexity index is 949. The number of hydrogen-bond donors (Lipinski definition) is 0. The molecule has 0 radical (unpaired) electrons. The fourth-order valence-electron chi connectivity index (χ4n) is 5.25. The average Bonchev–Trinajstić information content (AvgIpc) is 2.87. The Hall–Kier alpha value is -1.44. The van der Waals surface area contributed by atoms with Gasteiger partial charge in [0.2, 0.25) is 5.91 Å². The number of alkyl halides is 2. The van der Waals surface area contributed by atoms with E-state index in [0.29, 0.717) is 42.3 Å². The molecule has 0 bridgehead atoms. The van der Waals surface area contributed by atoms with Crippen molar-refractivity contribution in [3.05, 3.63) is 59.1 Å². The average molecular weight is 525 g/mol. The van der Waals surface area contributed by atoms with Gasteiger partial charge in [0.15, 0.2) is 0 Å². The van der Waals surface area contributed by atoms with E-state index in [2.05, 4.69) is 23.1 Å². The van der Waals surface area contributed by atoms with Crippen LogP contribution in [0.1, 0.15) is 36.5 Å². The first-order chi connectivity index (χ1) is 16.5. The van der Waals surface area contributed by atoms with E-state index in [1.165, 1.54) is 5.69 Å². The van der Waals surface area contributed by atoms with Gasteiger partial charge in [0.05, 0.1) is 5.02 Å². The number of nitrogens with zero attached hydrogens (tertiary/aromatic N) is 2. The second kappa shape index (κ2) is 12.0. The smallest absolute Gasteiger partial charge is 0.285 e. The van der Waals surface area contributed by atoms with Crippen molar-refractivity contribution in [3.63, 3.8) is 0 Å². The molecule has 2 aromatic carbocycles. The van der Waals surface area contributed by atoms with Gasteiger partial charge in [0, 0.05) is 36.8 Å². The molecule has 4 rings (SSSR count). The highest BCUT2D eigenvalue weighted by molar-refractivity contribution is 8.00. The third-order valence-corrected chi connectivity index (χ3v) is 9.30. The van der Waals surface area contributed by atoms with Crippen LogP contribution in [0, 0.1) is 11.8 Å². The Balaban J connectivity index is 1.30. The van der Waals surface area contributed by atoms with Gasteiger partial charge in [-0.2, -0.15) is 8.78 Å². The summed E-state index contributed by atoms with van der Waals surface area (Å²) >= 11 is 8.51. The van der Waals surface area contributed by atoms with Crippen molar-refractivity contribution in [2.45, 2.75) is 41.6 Å². The van der Waals surface area contributed by atoms with Crippen LogP contribution in [-0.2, 0) is 4.79 Å². The number of hydrogen-bond acceptors (Lipinski definition) is 4. The summed E-state index contributed by atoms with van der Waals surface area (Å²) in [5.41, 5.74) is 1.84. The molecular weight excluding hydrogens is 494 g/mol. The Morgan fingerprint density at radius 2 is 1.59 bits per heavy atom. The molecule has 1 unspecified atom stereocenters. The fourth-order valence-corrected chi connectivity index (χ4v) is 6.90. The quantitative estimate of drug-likeness (QED) is 0.357. The normalized spacial score (nSPS) is 19.0. The van der Waals surface area contributed by atoms with Gasteiger partial charge >= 0.3 is 0 Å². The van der Waals surface area contributed by atoms with Crippen LogP contribution >= 0.6 is 35.1 Å². The van der Waals surface area contributed by atoms with Crippen LogP contribution in [0.5, 0.6) is 0 Å². The summed E-state index contributed by atoms with van der Waals surface area (Å²) in [6.07, 6.45) is 6.20. The maximum Gasteiger partial charge on any atom is 0.285 e. The van der Waals surface area contributed by atoms with Crippen molar-refractivity contribution in [3.8, 4) is 0 Å². The van der Waals surface area contributed by atoms with E-state index in [9.17, 15) is 13.6 Å². The number of thioether (sulfide) groups is 2. The number of halogens is 3. The minimum absolute atomic E-state index is 0.185. The van der Waals surface area contributed by atoms with Crippen molar-refractivity contribution in [2.75, 3.05) is 37.3 Å². The topological polar surface area (TPSA) is 23.6 Å². The lowest BCUT2D eigenvalue weighted by Gasteiger charge is -2.41. The molecule has 2 saturated heterocycles. The minimum Gasteiger partial charge on any atom is -0.371 e. The molecule has 0 saturated carbocycles. The summed E-state index contributed by atoms with van der Waals surface area (Å²) in [7, 11) is 0. The Kier molecular flexibility index (Phi) is 9.05. The van der Waals surface area contributed by atoms with Crippen LogP contribution < -0.4 is 4.90 Å². The Morgan fingerprint density at radius 1 is 0.971 bits per heavy atom. The lowest BCUT2D eigenvalue weighted by Crippen LogP contribution is -2.44. The highest BCUT2D eigenvalue weighted by Crippen LogP contribution is 2.39. The SMILES string of the molecule is CSc1ccc(N2CCC(C3CCN(C(=O)C(SC(F)F)c4ccccc4)CC3)CC2)cc1Cl. The van der Waals surface area contributed by atoms with Gasteiger partial charge in [0.25, 0.3) is 5.76 Å². The molecule has 2 aliphatic heterocycles. The molecule has 2 heterocycles. The molecule has 8 heteroatoms. The van der Waals surface area contributed by atoms with Gasteiger partial charge in [0.1, 0.15) is 5.25 Å². The summed E-state index contributed by atoms with van der Waals surface area (Å²) in [5.74, 6) is -1.53. The summed E-state index contributed by atoms with van der Waals surface area (Å²) in [4.78, 5) is 18.5. The van der Waals surface area contributed by atoms with E-state index in [1.54, 1.807) is 40.9 Å². The second-order valence-electron chi connectivity index (χ2n) is 8.99. The molecule has 0 aromatic heterocycles. The van der Waals surface area contributed by atoms with E-state index in [1.807, 2.05) is 12.3 Å². The van der Waals surface area contributed by atoms with Gasteiger partial charge in [-0.15, -0.1) is 11.8 Å². The van der Waals surface area contributed by atoms with Gasteiger partial charge in [-0.25, -0.2) is 0 Å². The summed E-state index contributed by atoms with van der Waals surface area (Å²) in [6, 6.07) is 15.3. The zero-order chi connectivity index (χ0) is 24.1. The number of carbonyl (C=O) groups is 1. The molecule has 0 N–H and O–H groups in total. The largest absolute Gasteiger partial charge is 0.371 e. The lowest BCUT2D eigenvalue weighted by molar-refractivity contribution is -0.132. The fraction of sp³-hybridized carbons (Fsp3) is 0.500. The third kappa shape index (κ3) is 6.21. The number of likely N-dealkylation sites (tertiary alicyclic amines) is 1. The van der Waals surface area contributed by atoms with Gasteiger partial charge in [-0.05, 0) is 67.5 Å². The Morgan fingerprint density at radius 3 is 2.15 bits per heavy atom. The van der Waals surface area contributed by atoms with Crippen LogP contribution in [0.3, 0.4) is 0 Å². The van der Waals surface area contributed by atoms with E-state index in [0.717, 1.165) is 48.7 Å². The highest BCUT2D eigenvalue weighted by atomic mass is 35.5. The van der Waals surface area contributed by atoms with Gasteiger partial charge in [-0.1, -0.05) is 53.7 Å². The Labute approximate surface area is 214 Å². The maximum atomic E-state index is 13.2. The van der Waals surface area contributed by atoms with Crippen LogP contribution in [-0.4, -0.2) is 49.0 Å². The number of carbonyl (C=O) groups excluding carboxylic acids is 1. The molecule has 34 heavy (non-hydrogen) atoms. The molecule has 0 aliphatic carbocycles. The lowest BCUT2D eigenvalue weighted by atomic mass is 9.78. The molecule has 2 aliphatic rings. The summed E-state index contributed by atoms with van der Waals surface area (Å²) in [6.45, 7) is 3.34. The van der Waals surface area contributed by atoms with Crippen molar-refractivity contribution in [1.82, 2.24) is 4.90 Å². The zero-order valence-corrected chi connectivity index (χ0v) is 21.7. The molecule has 1 atom stereocenters. The van der Waals surface area contributed by atoms with Gasteiger partial charge < -0.3 is 9.80 Å². The van der Waals surface area contributed by atoms with Crippen molar-refractivity contribution in [1.29, 1.82) is 0 Å². The number of amides is 1. The predicted molar refractivity (Wildman–Crippen MR) is 140 cm³/mol. The summed E-state index contributed by atoms with van der Waals surface area (Å²) < 4.78 is 26.4. The van der Waals surface area contributed by atoms with Crippen molar-refractivity contribution >= 4 is 46.7 Å². The van der Waals surface area contributed by atoms with Crippen molar-refractivity contribution in [2.24, 2.45) is 11.8 Å².